The van der Waals surface area contributed by atoms with Crippen LogP contribution in [0, 0.1) is 6.92 Å². The van der Waals surface area contributed by atoms with Crippen LogP contribution in [0.25, 0.3) is 22.2 Å². The molecule has 3 fully saturated rings. The van der Waals surface area contributed by atoms with Gasteiger partial charge in [-0.05, 0) is 73.4 Å². The van der Waals surface area contributed by atoms with Crippen molar-refractivity contribution in [1.82, 2.24) is 25.2 Å². The summed E-state index contributed by atoms with van der Waals surface area (Å²) >= 11 is 6.58. The van der Waals surface area contributed by atoms with Crippen LogP contribution < -0.4 is 10.6 Å². The number of H-pyrrole nitrogens is 1. The van der Waals surface area contributed by atoms with E-state index in [1.54, 1.807) is 6.20 Å². The molecule has 4 aromatic rings. The van der Waals surface area contributed by atoms with Crippen LogP contribution >= 0.6 is 11.6 Å². The number of benzene rings is 2. The van der Waals surface area contributed by atoms with Gasteiger partial charge in [0.25, 0.3) is 0 Å². The summed E-state index contributed by atoms with van der Waals surface area (Å²) in [6.07, 6.45) is 8.85. The van der Waals surface area contributed by atoms with Crippen LogP contribution in [0.2, 0.25) is 5.02 Å². The van der Waals surface area contributed by atoms with E-state index in [1.165, 1.54) is 42.4 Å². The SMILES string of the molecule is Cc1ccc2c(-c3nc(Nc4cc(CN5CCNC6(CC6)C5)cc(C5CC5)c4)ncc3Cl)c[nH]c2c1. The van der Waals surface area contributed by atoms with Crippen LogP contribution in [0.4, 0.5) is 11.6 Å². The molecule has 6 nitrogen and oxygen atoms in total. The van der Waals surface area contributed by atoms with E-state index in [2.05, 4.69) is 68.8 Å². The molecule has 7 rings (SSSR count). The number of halogens is 1. The molecule has 0 atom stereocenters. The molecule has 2 aromatic carbocycles. The van der Waals surface area contributed by atoms with Gasteiger partial charge in [-0.15, -0.1) is 0 Å². The van der Waals surface area contributed by atoms with E-state index >= 15 is 0 Å². The van der Waals surface area contributed by atoms with Gasteiger partial charge in [-0.1, -0.05) is 29.8 Å². The van der Waals surface area contributed by atoms with E-state index in [9.17, 15) is 0 Å². The van der Waals surface area contributed by atoms with Crippen LogP contribution in [0.5, 0.6) is 0 Å². The van der Waals surface area contributed by atoms with Gasteiger partial charge in [0, 0.05) is 60.1 Å². The van der Waals surface area contributed by atoms with Crippen molar-refractivity contribution in [1.29, 1.82) is 0 Å². The van der Waals surface area contributed by atoms with Gasteiger partial charge in [-0.2, -0.15) is 0 Å². The molecule has 2 aliphatic carbocycles. The molecule has 1 spiro atoms. The molecule has 0 bridgehead atoms. The Hall–Kier alpha value is -2.93. The Morgan fingerprint density at radius 1 is 1.17 bits per heavy atom. The third-order valence-electron chi connectivity index (χ3n) is 7.87. The summed E-state index contributed by atoms with van der Waals surface area (Å²) in [6.45, 7) is 6.42. The molecule has 3 aliphatic rings. The van der Waals surface area contributed by atoms with Crippen LogP contribution in [0.1, 0.15) is 48.3 Å². The first-order valence-corrected chi connectivity index (χ1v) is 13.4. The number of nitrogens with one attached hydrogen (secondary N) is 3. The topological polar surface area (TPSA) is 68.9 Å². The second-order valence-corrected chi connectivity index (χ2v) is 11.3. The second kappa shape index (κ2) is 8.58. The number of aromatic nitrogens is 3. The minimum atomic E-state index is 0.391. The maximum absolute atomic E-state index is 6.58. The lowest BCUT2D eigenvalue weighted by molar-refractivity contribution is 0.182. The third-order valence-corrected chi connectivity index (χ3v) is 8.15. The molecule has 184 valence electrons. The van der Waals surface area contributed by atoms with Gasteiger partial charge < -0.3 is 15.6 Å². The van der Waals surface area contributed by atoms with Gasteiger partial charge in [0.05, 0.1) is 16.9 Å². The second-order valence-electron chi connectivity index (χ2n) is 10.9. The van der Waals surface area contributed by atoms with E-state index in [0.717, 1.165) is 54.0 Å². The lowest BCUT2D eigenvalue weighted by atomic mass is 10.0. The van der Waals surface area contributed by atoms with Gasteiger partial charge in [-0.3, -0.25) is 4.90 Å². The van der Waals surface area contributed by atoms with E-state index in [0.29, 0.717) is 22.4 Å². The van der Waals surface area contributed by atoms with E-state index in [1.807, 2.05) is 6.20 Å². The summed E-state index contributed by atoms with van der Waals surface area (Å²) < 4.78 is 0. The predicted octanol–water partition coefficient (Wildman–Crippen LogP) is 6.15. The van der Waals surface area contributed by atoms with Crippen LogP contribution in [0.15, 0.2) is 48.8 Å². The van der Waals surface area contributed by atoms with E-state index < -0.39 is 0 Å². The highest BCUT2D eigenvalue weighted by molar-refractivity contribution is 6.33. The molecule has 1 saturated heterocycles. The van der Waals surface area contributed by atoms with Gasteiger partial charge in [0.2, 0.25) is 5.95 Å². The largest absolute Gasteiger partial charge is 0.360 e. The molecule has 0 unspecified atom stereocenters. The molecule has 0 radical (unpaired) electrons. The Bertz CT molecular complexity index is 1450. The molecule has 7 heteroatoms. The van der Waals surface area contributed by atoms with Gasteiger partial charge in [-0.25, -0.2) is 9.97 Å². The van der Waals surface area contributed by atoms with Gasteiger partial charge in [0.1, 0.15) is 0 Å². The fourth-order valence-electron chi connectivity index (χ4n) is 5.64. The van der Waals surface area contributed by atoms with E-state index in [4.69, 9.17) is 16.6 Å². The number of aromatic amines is 1. The first-order valence-electron chi connectivity index (χ1n) is 13.0. The van der Waals surface area contributed by atoms with Crippen molar-refractivity contribution in [3.63, 3.8) is 0 Å². The van der Waals surface area contributed by atoms with Crippen LogP contribution in [-0.4, -0.2) is 45.0 Å². The van der Waals surface area contributed by atoms with Crippen molar-refractivity contribution in [2.24, 2.45) is 0 Å². The predicted molar refractivity (Wildman–Crippen MR) is 146 cm³/mol. The molecule has 0 amide bonds. The Labute approximate surface area is 216 Å². The molecule has 3 N–H and O–H groups in total. The number of nitrogens with zero attached hydrogens (tertiary/aromatic N) is 3. The number of hydrogen-bond donors (Lipinski definition) is 3. The Morgan fingerprint density at radius 2 is 2.06 bits per heavy atom. The lowest BCUT2D eigenvalue weighted by Gasteiger charge is -2.34. The monoisotopic (exact) mass is 498 g/mol. The summed E-state index contributed by atoms with van der Waals surface area (Å²) in [4.78, 5) is 15.3. The van der Waals surface area contributed by atoms with Crippen molar-refractivity contribution < 1.29 is 0 Å². The number of rotatable bonds is 6. The van der Waals surface area contributed by atoms with Crippen LogP contribution in [0.3, 0.4) is 0 Å². The zero-order valence-corrected chi connectivity index (χ0v) is 21.3. The Kier molecular flexibility index (Phi) is 5.31. The van der Waals surface area contributed by atoms with Crippen molar-refractivity contribution in [2.75, 3.05) is 25.0 Å². The number of piperazine rings is 1. The molecule has 1 aliphatic heterocycles. The molecular weight excluding hydrogens is 468 g/mol. The zero-order valence-electron chi connectivity index (χ0n) is 20.6. The summed E-state index contributed by atoms with van der Waals surface area (Å²) in [5.41, 5.74) is 8.24. The average molecular weight is 499 g/mol. The highest BCUT2D eigenvalue weighted by Gasteiger charge is 2.45. The quantitative estimate of drug-likeness (QED) is 0.297. The van der Waals surface area contributed by atoms with E-state index in [-0.39, 0.29) is 0 Å². The zero-order chi connectivity index (χ0) is 24.3. The number of anilines is 2. The highest BCUT2D eigenvalue weighted by atomic mass is 35.5. The fraction of sp³-hybridized carbons (Fsp3) is 0.379. The molecule has 36 heavy (non-hydrogen) atoms. The smallest absolute Gasteiger partial charge is 0.227 e. The van der Waals surface area contributed by atoms with Gasteiger partial charge in [0.15, 0.2) is 0 Å². The van der Waals surface area contributed by atoms with Crippen molar-refractivity contribution in [2.45, 2.75) is 50.6 Å². The molecule has 3 heterocycles. The fourth-order valence-corrected chi connectivity index (χ4v) is 5.83. The average Bonchev–Trinajstić information content (AvgIpc) is 3.79. The van der Waals surface area contributed by atoms with Gasteiger partial charge >= 0.3 is 0 Å². The summed E-state index contributed by atoms with van der Waals surface area (Å²) in [6, 6.07) is 13.3. The molecular formula is C29H31ClN6. The number of fused-ring (bicyclic) bond motifs is 1. The maximum Gasteiger partial charge on any atom is 0.227 e. The highest BCUT2D eigenvalue weighted by Crippen LogP contribution is 2.42. The van der Waals surface area contributed by atoms with Crippen molar-refractivity contribution >= 4 is 34.1 Å². The minimum Gasteiger partial charge on any atom is -0.360 e. The lowest BCUT2D eigenvalue weighted by Crippen LogP contribution is -2.51. The Morgan fingerprint density at radius 3 is 2.89 bits per heavy atom. The van der Waals surface area contributed by atoms with Crippen LogP contribution in [-0.2, 0) is 6.54 Å². The summed E-state index contributed by atoms with van der Waals surface area (Å²) in [5, 5.41) is 8.87. The molecule has 2 saturated carbocycles. The maximum atomic E-state index is 6.58. The summed E-state index contributed by atoms with van der Waals surface area (Å²) in [5.74, 6) is 1.24. The normalized spacial score (nSPS) is 19.2. The summed E-state index contributed by atoms with van der Waals surface area (Å²) in [7, 11) is 0. The standard InChI is InChI=1S/C29H31ClN6/c1-18-2-5-23-24(14-31-26(23)10-18)27-25(30)15-32-28(35-27)34-22-12-19(11-21(13-22)20-3-4-20)16-36-9-8-33-29(17-36)6-7-29/h2,5,10-15,20,31,33H,3-4,6-9,16-17H2,1H3,(H,32,34,35). The van der Waals surface area contributed by atoms with Crippen molar-refractivity contribution in [3.05, 3.63) is 70.5 Å². The number of aryl methyl sites for hydroxylation is 1. The minimum absolute atomic E-state index is 0.391. The first-order chi connectivity index (χ1) is 17.5. The van der Waals surface area contributed by atoms with Crippen molar-refractivity contribution in [3.8, 4) is 11.3 Å². The molecule has 2 aromatic heterocycles. The first kappa shape index (κ1) is 22.3. The number of hydrogen-bond acceptors (Lipinski definition) is 5. The third kappa shape index (κ3) is 4.38. The Balaban J connectivity index is 1.18.